The standard InChI is InChI=1S/C28H41N5O5S2/c1-7-13-32-14-12-22-23(17-32)39-27(24(22)26(35)31-28(36)29-6)30-25(34)20-8-10-21(11-9-20)40(37,38)33(15-18(2)3)16-19(4)5/h8-11,18-19H,7,12-17H2,1-6H3,(H,30,34)(H2,29,31,35,36). The fourth-order valence-electron chi connectivity index (χ4n) is 4.71. The van der Waals surface area contributed by atoms with Gasteiger partial charge in [0, 0.05) is 43.7 Å². The molecule has 2 aromatic rings. The van der Waals surface area contributed by atoms with Crippen molar-refractivity contribution in [2.75, 3.05) is 38.5 Å². The third kappa shape index (κ3) is 7.68. The number of thiophene rings is 1. The van der Waals surface area contributed by atoms with Crippen molar-refractivity contribution in [3.8, 4) is 0 Å². The lowest BCUT2D eigenvalue weighted by Gasteiger charge is -2.26. The largest absolute Gasteiger partial charge is 0.341 e. The SMILES string of the molecule is CCCN1CCc2c(sc(NC(=O)c3ccc(S(=O)(=O)N(CC(C)C)CC(C)C)cc3)c2C(=O)NC(=O)NC)C1. The van der Waals surface area contributed by atoms with Gasteiger partial charge in [-0.25, -0.2) is 13.2 Å². The number of hydrogen-bond donors (Lipinski definition) is 3. The van der Waals surface area contributed by atoms with Gasteiger partial charge < -0.3 is 10.6 Å². The average Bonchev–Trinajstić information content (AvgIpc) is 3.24. The summed E-state index contributed by atoms with van der Waals surface area (Å²) >= 11 is 1.33. The number of carbonyl (C=O) groups excluding carboxylic acids is 3. The molecule has 0 spiro atoms. The van der Waals surface area contributed by atoms with Crippen LogP contribution in [0.3, 0.4) is 0 Å². The second-order valence-electron chi connectivity index (χ2n) is 10.9. The van der Waals surface area contributed by atoms with Gasteiger partial charge >= 0.3 is 6.03 Å². The Morgan fingerprint density at radius 2 is 1.65 bits per heavy atom. The summed E-state index contributed by atoms with van der Waals surface area (Å²) in [5.74, 6) is -0.714. The van der Waals surface area contributed by atoms with Gasteiger partial charge in [0.05, 0.1) is 10.5 Å². The molecule has 0 unspecified atom stereocenters. The number of sulfonamides is 1. The third-order valence-corrected chi connectivity index (χ3v) is 9.45. The first kappa shape index (κ1) is 31.7. The summed E-state index contributed by atoms with van der Waals surface area (Å²) in [4.78, 5) is 41.6. The Kier molecular flexibility index (Phi) is 10.9. The molecule has 0 atom stereocenters. The molecule has 3 rings (SSSR count). The highest BCUT2D eigenvalue weighted by Crippen LogP contribution is 2.37. The molecule has 4 amide bonds. The van der Waals surface area contributed by atoms with Crippen LogP contribution < -0.4 is 16.0 Å². The van der Waals surface area contributed by atoms with E-state index in [4.69, 9.17) is 0 Å². The molecule has 0 saturated heterocycles. The molecule has 220 valence electrons. The monoisotopic (exact) mass is 591 g/mol. The van der Waals surface area contributed by atoms with E-state index in [1.54, 1.807) is 0 Å². The van der Waals surface area contributed by atoms with E-state index < -0.39 is 27.9 Å². The summed E-state index contributed by atoms with van der Waals surface area (Å²) in [6.07, 6.45) is 1.64. The molecule has 1 aromatic carbocycles. The zero-order valence-corrected chi connectivity index (χ0v) is 25.8. The number of amides is 4. The molecule has 0 bridgehead atoms. The number of anilines is 1. The quantitative estimate of drug-likeness (QED) is 0.360. The number of nitrogens with zero attached hydrogens (tertiary/aromatic N) is 2. The third-order valence-electron chi connectivity index (χ3n) is 6.48. The Bertz CT molecular complexity index is 1310. The van der Waals surface area contributed by atoms with E-state index in [0.717, 1.165) is 30.0 Å². The maximum atomic E-state index is 13.3. The van der Waals surface area contributed by atoms with Gasteiger partial charge in [-0.05, 0) is 61.1 Å². The number of nitrogens with one attached hydrogen (secondary N) is 3. The summed E-state index contributed by atoms with van der Waals surface area (Å²) in [5.41, 5.74) is 1.39. The fraction of sp³-hybridized carbons (Fsp3) is 0.536. The van der Waals surface area contributed by atoms with Crippen LogP contribution in [0.25, 0.3) is 0 Å². The average molecular weight is 592 g/mol. The van der Waals surface area contributed by atoms with E-state index in [2.05, 4.69) is 27.8 Å². The molecule has 1 aliphatic heterocycles. The van der Waals surface area contributed by atoms with Crippen LogP contribution in [0, 0.1) is 11.8 Å². The number of rotatable bonds is 11. The lowest BCUT2D eigenvalue weighted by atomic mass is 10.0. The van der Waals surface area contributed by atoms with Crippen molar-refractivity contribution in [1.82, 2.24) is 19.8 Å². The summed E-state index contributed by atoms with van der Waals surface area (Å²) in [7, 11) is -2.31. The predicted molar refractivity (Wildman–Crippen MR) is 158 cm³/mol. The van der Waals surface area contributed by atoms with Crippen molar-refractivity contribution in [3.05, 3.63) is 45.8 Å². The Morgan fingerprint density at radius 1 is 1.02 bits per heavy atom. The van der Waals surface area contributed by atoms with E-state index in [1.807, 2.05) is 27.7 Å². The smallest absolute Gasteiger partial charge is 0.321 e. The van der Waals surface area contributed by atoms with Gasteiger partial charge in [-0.3, -0.25) is 19.8 Å². The van der Waals surface area contributed by atoms with Crippen molar-refractivity contribution in [3.63, 3.8) is 0 Å². The molecule has 0 radical (unpaired) electrons. The number of carbonyl (C=O) groups is 3. The van der Waals surface area contributed by atoms with E-state index >= 15 is 0 Å². The highest BCUT2D eigenvalue weighted by molar-refractivity contribution is 7.89. The van der Waals surface area contributed by atoms with Crippen LogP contribution >= 0.6 is 11.3 Å². The second-order valence-corrected chi connectivity index (χ2v) is 13.9. The highest BCUT2D eigenvalue weighted by atomic mass is 32.2. The number of benzene rings is 1. The lowest BCUT2D eigenvalue weighted by Crippen LogP contribution is -2.38. The van der Waals surface area contributed by atoms with Gasteiger partial charge in [-0.1, -0.05) is 34.6 Å². The van der Waals surface area contributed by atoms with Crippen molar-refractivity contribution < 1.29 is 22.8 Å². The number of urea groups is 1. The molecule has 3 N–H and O–H groups in total. The number of imide groups is 1. The van der Waals surface area contributed by atoms with Crippen molar-refractivity contribution >= 4 is 44.2 Å². The summed E-state index contributed by atoms with van der Waals surface area (Å²) in [6, 6.07) is 5.21. The van der Waals surface area contributed by atoms with Gasteiger partial charge in [0.1, 0.15) is 5.00 Å². The molecule has 0 aliphatic carbocycles. The molecule has 40 heavy (non-hydrogen) atoms. The lowest BCUT2D eigenvalue weighted by molar-refractivity contribution is 0.0964. The zero-order valence-electron chi connectivity index (χ0n) is 24.2. The van der Waals surface area contributed by atoms with Crippen molar-refractivity contribution in [2.24, 2.45) is 11.8 Å². The van der Waals surface area contributed by atoms with Gasteiger partial charge in [-0.2, -0.15) is 4.31 Å². The highest BCUT2D eigenvalue weighted by Gasteiger charge is 2.30. The van der Waals surface area contributed by atoms with Crippen LogP contribution in [-0.4, -0.2) is 68.7 Å². The number of fused-ring (bicyclic) bond motifs is 1. The predicted octanol–water partition coefficient (Wildman–Crippen LogP) is 4.14. The summed E-state index contributed by atoms with van der Waals surface area (Å²) in [6.45, 7) is 13.2. The number of hydrogen-bond acceptors (Lipinski definition) is 7. The van der Waals surface area contributed by atoms with Gasteiger partial charge in [0.15, 0.2) is 0 Å². The van der Waals surface area contributed by atoms with Crippen molar-refractivity contribution in [1.29, 1.82) is 0 Å². The normalized spacial score (nSPS) is 13.9. The van der Waals surface area contributed by atoms with E-state index in [1.165, 1.54) is 47.0 Å². The maximum absolute atomic E-state index is 13.3. The molecular formula is C28H41N5O5S2. The minimum absolute atomic E-state index is 0.124. The second kappa shape index (κ2) is 13.7. The Hall–Kier alpha value is -2.80. The van der Waals surface area contributed by atoms with Gasteiger partial charge in [0.2, 0.25) is 10.0 Å². The Morgan fingerprint density at radius 3 is 2.20 bits per heavy atom. The molecule has 0 fully saturated rings. The molecule has 2 heterocycles. The molecule has 12 heteroatoms. The fourth-order valence-corrected chi connectivity index (χ4v) is 7.76. The molecule has 1 aromatic heterocycles. The van der Waals surface area contributed by atoms with Crippen molar-refractivity contribution in [2.45, 2.75) is 58.9 Å². The van der Waals surface area contributed by atoms with Crippen LogP contribution in [0.5, 0.6) is 0 Å². The van der Waals surface area contributed by atoms with E-state index in [9.17, 15) is 22.8 Å². The molecule has 10 nitrogen and oxygen atoms in total. The maximum Gasteiger partial charge on any atom is 0.321 e. The minimum Gasteiger partial charge on any atom is -0.341 e. The first-order chi connectivity index (χ1) is 18.9. The van der Waals surface area contributed by atoms with E-state index in [-0.39, 0.29) is 22.3 Å². The van der Waals surface area contributed by atoms with Crippen LogP contribution in [0.4, 0.5) is 9.80 Å². The van der Waals surface area contributed by atoms with Crippen LogP contribution in [0.15, 0.2) is 29.2 Å². The van der Waals surface area contributed by atoms with Gasteiger partial charge in [-0.15, -0.1) is 11.3 Å². The topological polar surface area (TPSA) is 128 Å². The minimum atomic E-state index is -3.73. The Labute approximate surface area is 241 Å². The first-order valence-corrected chi connectivity index (χ1v) is 15.9. The van der Waals surface area contributed by atoms with E-state index in [0.29, 0.717) is 36.6 Å². The Balaban J connectivity index is 1.87. The van der Waals surface area contributed by atoms with Crippen LogP contribution in [0.2, 0.25) is 0 Å². The zero-order chi connectivity index (χ0) is 29.6. The molecule has 1 aliphatic rings. The molecular weight excluding hydrogens is 550 g/mol. The summed E-state index contributed by atoms with van der Waals surface area (Å²) in [5, 5.41) is 7.90. The van der Waals surface area contributed by atoms with Crippen LogP contribution in [0.1, 0.15) is 72.2 Å². The van der Waals surface area contributed by atoms with Gasteiger partial charge in [0.25, 0.3) is 11.8 Å². The molecule has 0 saturated carbocycles. The first-order valence-electron chi connectivity index (χ1n) is 13.7. The van der Waals surface area contributed by atoms with Crippen LogP contribution in [-0.2, 0) is 23.0 Å². The summed E-state index contributed by atoms with van der Waals surface area (Å²) < 4.78 is 28.2.